The molecule has 10 heteroatoms. The fraction of sp³-hybridized carbons (Fsp3) is 0.333. The molecule has 2 N–H and O–H groups in total. The van der Waals surface area contributed by atoms with Crippen LogP contribution in [-0.2, 0) is 10.0 Å². The molecule has 34 heavy (non-hydrogen) atoms. The summed E-state index contributed by atoms with van der Waals surface area (Å²) < 4.78 is 28.2. The Morgan fingerprint density at radius 3 is 2.59 bits per heavy atom. The van der Waals surface area contributed by atoms with Crippen LogP contribution in [0.1, 0.15) is 43.1 Å². The number of anilines is 3. The van der Waals surface area contributed by atoms with Crippen LogP contribution in [0, 0.1) is 12.8 Å². The number of sulfonamides is 1. The van der Waals surface area contributed by atoms with Crippen molar-refractivity contribution >= 4 is 33.4 Å². The number of amides is 1. The van der Waals surface area contributed by atoms with E-state index in [-0.39, 0.29) is 16.1 Å². The maximum Gasteiger partial charge on any atom is 0.281 e. The van der Waals surface area contributed by atoms with E-state index >= 15 is 0 Å². The Labute approximate surface area is 199 Å². The number of rotatable bonds is 6. The monoisotopic (exact) mass is 480 g/mol. The van der Waals surface area contributed by atoms with E-state index in [9.17, 15) is 13.2 Å². The zero-order chi connectivity index (χ0) is 24.5. The predicted octanol–water partition coefficient (Wildman–Crippen LogP) is 3.67. The summed E-state index contributed by atoms with van der Waals surface area (Å²) >= 11 is 0. The lowest BCUT2D eigenvalue weighted by atomic mass is 9.97. The minimum Gasteiger partial charge on any atom is -0.351 e. The Morgan fingerprint density at radius 2 is 1.88 bits per heavy atom. The first kappa shape index (κ1) is 23.6. The molecule has 178 valence electrons. The maximum absolute atomic E-state index is 13.1. The van der Waals surface area contributed by atoms with E-state index < -0.39 is 15.9 Å². The van der Waals surface area contributed by atoms with Crippen molar-refractivity contribution < 1.29 is 13.2 Å². The van der Waals surface area contributed by atoms with Crippen LogP contribution < -0.4 is 14.9 Å². The molecule has 3 aromatic rings. The number of nitrogens with zero attached hydrogens (tertiary/aromatic N) is 4. The zero-order valence-corrected chi connectivity index (χ0v) is 20.4. The molecular weight excluding hydrogens is 452 g/mol. The van der Waals surface area contributed by atoms with E-state index in [1.807, 2.05) is 19.1 Å². The van der Waals surface area contributed by atoms with Gasteiger partial charge in [-0.05, 0) is 75.1 Å². The van der Waals surface area contributed by atoms with E-state index in [2.05, 4.69) is 50.7 Å². The summed E-state index contributed by atoms with van der Waals surface area (Å²) in [7, 11) is -4.23. The lowest BCUT2D eigenvalue weighted by Crippen LogP contribution is -2.41. The quantitative estimate of drug-likeness (QED) is 0.549. The highest BCUT2D eigenvalue weighted by Crippen LogP contribution is 2.37. The van der Waals surface area contributed by atoms with Gasteiger partial charge in [-0.1, -0.05) is 13.0 Å². The molecule has 0 aliphatic carbocycles. The molecular formula is C24H28N6O3S. The molecule has 1 aliphatic rings. The molecule has 1 amide bonds. The van der Waals surface area contributed by atoms with Crippen LogP contribution in [0.4, 0.5) is 17.5 Å². The second-order valence-corrected chi connectivity index (χ2v) is 10.9. The minimum absolute atomic E-state index is 0.200. The molecule has 1 aliphatic heterocycles. The Bertz CT molecular complexity index is 1330. The van der Waals surface area contributed by atoms with Crippen LogP contribution >= 0.6 is 0 Å². The van der Waals surface area contributed by atoms with Gasteiger partial charge in [0.25, 0.3) is 15.9 Å². The molecule has 0 spiro atoms. The summed E-state index contributed by atoms with van der Waals surface area (Å²) in [5.74, 6) is 0.980. The Balaban J connectivity index is 1.58. The van der Waals surface area contributed by atoms with Gasteiger partial charge in [0.05, 0.1) is 5.56 Å². The number of hydrogen-bond acceptors (Lipinski definition) is 8. The van der Waals surface area contributed by atoms with Crippen LogP contribution in [0.3, 0.4) is 0 Å². The second kappa shape index (κ2) is 9.02. The summed E-state index contributed by atoms with van der Waals surface area (Å²) in [4.78, 5) is 28.0. The highest BCUT2D eigenvalue weighted by molar-refractivity contribution is 7.90. The van der Waals surface area contributed by atoms with Gasteiger partial charge in [-0.25, -0.2) is 19.7 Å². The van der Waals surface area contributed by atoms with Crippen molar-refractivity contribution in [1.82, 2.24) is 19.7 Å². The first-order valence-corrected chi connectivity index (χ1v) is 12.5. The van der Waals surface area contributed by atoms with Crippen molar-refractivity contribution in [3.63, 3.8) is 0 Å². The standard InChI is InChI=1S/C24H28N6O3S/c1-16-10-12-25-20(13-16)27-19-8-5-9-21(28-19)34(32,33)29-23(31)18-7-6-11-26-22(18)30-15-17(2)14-24(30,3)4/h5-13,17H,14-15H2,1-4H3,(H,29,31)(H,25,27,28). The molecule has 1 atom stereocenters. The summed E-state index contributed by atoms with van der Waals surface area (Å²) in [6.45, 7) is 8.99. The Morgan fingerprint density at radius 1 is 1.09 bits per heavy atom. The van der Waals surface area contributed by atoms with Crippen LogP contribution in [0.25, 0.3) is 0 Å². The van der Waals surface area contributed by atoms with Gasteiger partial charge in [-0.2, -0.15) is 8.42 Å². The molecule has 1 saturated heterocycles. The molecule has 9 nitrogen and oxygen atoms in total. The van der Waals surface area contributed by atoms with Crippen molar-refractivity contribution in [3.8, 4) is 0 Å². The normalized spacial score (nSPS) is 17.4. The van der Waals surface area contributed by atoms with Crippen LogP contribution in [0.15, 0.2) is 59.9 Å². The lowest BCUT2D eigenvalue weighted by molar-refractivity contribution is 0.0981. The second-order valence-electron chi connectivity index (χ2n) is 9.25. The average molecular weight is 481 g/mol. The molecule has 0 radical (unpaired) electrons. The van der Waals surface area contributed by atoms with Crippen molar-refractivity contribution in [2.24, 2.45) is 5.92 Å². The van der Waals surface area contributed by atoms with Gasteiger partial charge in [0.15, 0.2) is 5.03 Å². The third-order valence-corrected chi connectivity index (χ3v) is 6.99. The molecule has 1 unspecified atom stereocenters. The number of carbonyl (C=O) groups is 1. The first-order chi connectivity index (χ1) is 16.0. The highest BCUT2D eigenvalue weighted by Gasteiger charge is 2.39. The molecule has 0 aromatic carbocycles. The Kier molecular flexibility index (Phi) is 6.26. The number of aryl methyl sites for hydroxylation is 1. The first-order valence-electron chi connectivity index (χ1n) is 11.0. The highest BCUT2D eigenvalue weighted by atomic mass is 32.2. The van der Waals surface area contributed by atoms with Crippen molar-refractivity contribution in [2.45, 2.75) is 44.7 Å². The maximum atomic E-state index is 13.1. The summed E-state index contributed by atoms with van der Waals surface area (Å²) in [5, 5.41) is 2.71. The predicted molar refractivity (Wildman–Crippen MR) is 131 cm³/mol. The third kappa shape index (κ3) is 5.01. The molecule has 4 rings (SSSR count). The summed E-state index contributed by atoms with van der Waals surface area (Å²) in [5.41, 5.74) is 0.996. The van der Waals surface area contributed by atoms with Crippen molar-refractivity contribution in [3.05, 3.63) is 66.0 Å². The number of nitrogens with one attached hydrogen (secondary N) is 2. The van der Waals surface area contributed by atoms with E-state index in [0.717, 1.165) is 18.5 Å². The zero-order valence-electron chi connectivity index (χ0n) is 19.6. The van der Waals surface area contributed by atoms with E-state index in [1.165, 1.54) is 6.07 Å². The smallest absolute Gasteiger partial charge is 0.281 e. The number of aromatic nitrogens is 3. The van der Waals surface area contributed by atoms with Gasteiger partial charge < -0.3 is 10.2 Å². The average Bonchev–Trinajstić information content (AvgIpc) is 3.05. The third-order valence-electron chi connectivity index (χ3n) is 5.76. The lowest BCUT2D eigenvalue weighted by Gasteiger charge is -2.33. The number of carbonyl (C=O) groups excluding carboxylic acids is 1. The molecule has 3 aromatic heterocycles. The van der Waals surface area contributed by atoms with Gasteiger partial charge in [0, 0.05) is 24.5 Å². The van der Waals surface area contributed by atoms with Gasteiger partial charge in [0.2, 0.25) is 0 Å². The SMILES string of the molecule is Cc1ccnc(Nc2cccc(S(=O)(=O)NC(=O)c3cccnc3N3CC(C)CC3(C)C)n2)c1. The van der Waals surface area contributed by atoms with Crippen LogP contribution in [0.2, 0.25) is 0 Å². The fourth-order valence-corrected chi connectivity index (χ4v) is 5.28. The molecule has 4 heterocycles. The molecule has 0 bridgehead atoms. The van der Waals surface area contributed by atoms with E-state index in [4.69, 9.17) is 0 Å². The van der Waals surface area contributed by atoms with Crippen LogP contribution in [-0.4, -0.2) is 41.4 Å². The molecule has 0 saturated carbocycles. The minimum atomic E-state index is -4.23. The number of hydrogen-bond donors (Lipinski definition) is 2. The number of pyridine rings is 3. The summed E-state index contributed by atoms with van der Waals surface area (Å²) in [6, 6.07) is 11.4. The van der Waals surface area contributed by atoms with Crippen molar-refractivity contribution in [2.75, 3.05) is 16.8 Å². The summed E-state index contributed by atoms with van der Waals surface area (Å²) in [6.07, 6.45) is 4.20. The van der Waals surface area contributed by atoms with Gasteiger partial charge >= 0.3 is 0 Å². The molecule has 1 fully saturated rings. The van der Waals surface area contributed by atoms with E-state index in [0.29, 0.717) is 23.4 Å². The largest absolute Gasteiger partial charge is 0.351 e. The fourth-order valence-electron chi connectivity index (χ4n) is 4.35. The van der Waals surface area contributed by atoms with Crippen molar-refractivity contribution in [1.29, 1.82) is 0 Å². The topological polar surface area (TPSA) is 117 Å². The Hall–Kier alpha value is -3.53. The van der Waals surface area contributed by atoms with Crippen LogP contribution in [0.5, 0.6) is 0 Å². The van der Waals surface area contributed by atoms with Gasteiger partial charge in [-0.15, -0.1) is 0 Å². The van der Waals surface area contributed by atoms with Gasteiger partial charge in [0.1, 0.15) is 17.5 Å². The van der Waals surface area contributed by atoms with Gasteiger partial charge in [-0.3, -0.25) is 4.79 Å². The van der Waals surface area contributed by atoms with E-state index in [1.54, 1.807) is 36.7 Å².